The van der Waals surface area contributed by atoms with Crippen molar-refractivity contribution < 1.29 is 17.6 Å². The largest absolute Gasteiger partial charge is 0.204 e. The molecular formula is C9H7F4N. The number of halogens is 4. The Balaban J connectivity index is 0.000000791. The van der Waals surface area contributed by atoms with Crippen molar-refractivity contribution in [2.24, 2.45) is 0 Å². The summed E-state index contributed by atoms with van der Waals surface area (Å²) < 4.78 is 49.4. The highest BCUT2D eigenvalue weighted by atomic mass is 19.2. The van der Waals surface area contributed by atoms with Gasteiger partial charge in [0.05, 0.1) is 0 Å². The molecule has 0 aliphatic carbocycles. The summed E-state index contributed by atoms with van der Waals surface area (Å²) in [6.45, 7) is 4.00. The van der Waals surface area contributed by atoms with Gasteiger partial charge in [-0.1, -0.05) is 13.8 Å². The lowest BCUT2D eigenvalue weighted by molar-refractivity contribution is 0.450. The van der Waals surface area contributed by atoms with Crippen LogP contribution in [-0.4, -0.2) is 0 Å². The number of benzene rings is 1. The van der Waals surface area contributed by atoms with Crippen LogP contribution in [0.5, 0.6) is 0 Å². The lowest BCUT2D eigenvalue weighted by Gasteiger charge is -1.97. The van der Waals surface area contributed by atoms with Gasteiger partial charge >= 0.3 is 0 Å². The van der Waals surface area contributed by atoms with E-state index in [4.69, 9.17) is 5.26 Å². The molecule has 0 amide bonds. The van der Waals surface area contributed by atoms with Gasteiger partial charge in [0.25, 0.3) is 0 Å². The fourth-order valence-corrected chi connectivity index (χ4v) is 0.671. The highest BCUT2D eigenvalue weighted by Crippen LogP contribution is 2.17. The topological polar surface area (TPSA) is 23.8 Å². The van der Waals surface area contributed by atoms with Crippen LogP contribution in [0.15, 0.2) is 6.07 Å². The van der Waals surface area contributed by atoms with E-state index in [1.54, 1.807) is 0 Å². The van der Waals surface area contributed by atoms with Gasteiger partial charge in [0.2, 0.25) is 0 Å². The quantitative estimate of drug-likeness (QED) is 0.471. The van der Waals surface area contributed by atoms with Crippen molar-refractivity contribution in [2.45, 2.75) is 13.8 Å². The van der Waals surface area contributed by atoms with Gasteiger partial charge in [-0.2, -0.15) is 5.26 Å². The van der Waals surface area contributed by atoms with E-state index in [1.807, 2.05) is 13.8 Å². The Bertz CT molecular complexity index is 342. The van der Waals surface area contributed by atoms with Crippen molar-refractivity contribution in [3.05, 3.63) is 34.9 Å². The average Bonchev–Trinajstić information content (AvgIpc) is 2.19. The fourth-order valence-electron chi connectivity index (χ4n) is 0.671. The maximum absolute atomic E-state index is 12.4. The molecule has 76 valence electrons. The monoisotopic (exact) mass is 205 g/mol. The molecular weight excluding hydrogens is 198 g/mol. The second kappa shape index (κ2) is 5.22. The van der Waals surface area contributed by atoms with Crippen LogP contribution >= 0.6 is 0 Å². The summed E-state index contributed by atoms with van der Waals surface area (Å²) in [6, 6.07) is 1.06. The maximum Gasteiger partial charge on any atom is 0.179 e. The van der Waals surface area contributed by atoms with E-state index in [9.17, 15) is 17.6 Å². The number of hydrogen-bond donors (Lipinski definition) is 0. The fraction of sp³-hybridized carbons (Fsp3) is 0.222. The first-order chi connectivity index (χ1) is 6.57. The molecule has 0 fully saturated rings. The first kappa shape index (κ1) is 12.4. The minimum Gasteiger partial charge on any atom is -0.204 e. The zero-order chi connectivity index (χ0) is 11.3. The van der Waals surface area contributed by atoms with Gasteiger partial charge in [-0.05, 0) is 0 Å². The normalized spacial score (nSPS) is 8.64. The molecule has 14 heavy (non-hydrogen) atoms. The Morgan fingerprint density at radius 2 is 1.36 bits per heavy atom. The molecule has 0 saturated carbocycles. The van der Waals surface area contributed by atoms with E-state index in [2.05, 4.69) is 0 Å². The van der Waals surface area contributed by atoms with Crippen LogP contribution < -0.4 is 0 Å². The molecule has 0 bridgehead atoms. The highest BCUT2D eigenvalue weighted by molar-refractivity contribution is 5.33. The minimum atomic E-state index is -1.67. The third-order valence-electron chi connectivity index (χ3n) is 1.22. The lowest BCUT2D eigenvalue weighted by atomic mass is 10.2. The zero-order valence-electron chi connectivity index (χ0n) is 7.54. The van der Waals surface area contributed by atoms with Crippen molar-refractivity contribution in [3.8, 4) is 6.07 Å². The summed E-state index contributed by atoms with van der Waals surface area (Å²) in [4.78, 5) is 0. The van der Waals surface area contributed by atoms with Crippen molar-refractivity contribution in [3.63, 3.8) is 0 Å². The standard InChI is InChI=1S/C7HF4N.C2H6/c8-4-1-5(9)7(11)3(2-12)6(4)10;1-2/h1H;1-2H3. The Kier molecular flexibility index (Phi) is 4.64. The molecule has 1 nitrogen and oxygen atoms in total. The van der Waals surface area contributed by atoms with Gasteiger partial charge in [-0.15, -0.1) is 0 Å². The second-order valence-electron chi connectivity index (χ2n) is 1.95. The highest BCUT2D eigenvalue weighted by Gasteiger charge is 2.18. The van der Waals surface area contributed by atoms with E-state index < -0.39 is 28.8 Å². The number of nitriles is 1. The van der Waals surface area contributed by atoms with Gasteiger partial charge in [0.1, 0.15) is 11.6 Å². The summed E-state index contributed by atoms with van der Waals surface area (Å²) in [5.74, 6) is -6.50. The van der Waals surface area contributed by atoms with Crippen LogP contribution in [0.1, 0.15) is 19.4 Å². The Morgan fingerprint density at radius 3 is 1.64 bits per heavy atom. The van der Waals surface area contributed by atoms with Crippen LogP contribution in [0.4, 0.5) is 17.6 Å². The molecule has 0 atom stereocenters. The van der Waals surface area contributed by atoms with Crippen molar-refractivity contribution >= 4 is 0 Å². The second-order valence-corrected chi connectivity index (χ2v) is 1.95. The number of rotatable bonds is 0. The molecule has 1 aromatic carbocycles. The summed E-state index contributed by atoms with van der Waals surface area (Å²) in [5, 5.41) is 8.08. The number of nitrogens with zero attached hydrogens (tertiary/aromatic N) is 1. The third-order valence-corrected chi connectivity index (χ3v) is 1.22. The van der Waals surface area contributed by atoms with Crippen LogP contribution in [0.25, 0.3) is 0 Å². The molecule has 0 heterocycles. The van der Waals surface area contributed by atoms with E-state index >= 15 is 0 Å². The third kappa shape index (κ3) is 2.22. The van der Waals surface area contributed by atoms with Gasteiger partial charge < -0.3 is 0 Å². The molecule has 0 unspecified atom stereocenters. The molecule has 0 spiro atoms. The number of hydrogen-bond acceptors (Lipinski definition) is 1. The van der Waals surface area contributed by atoms with E-state index in [0.29, 0.717) is 0 Å². The van der Waals surface area contributed by atoms with Crippen molar-refractivity contribution in [2.75, 3.05) is 0 Å². The van der Waals surface area contributed by atoms with Crippen LogP contribution in [0.2, 0.25) is 0 Å². The summed E-state index contributed by atoms with van der Waals surface area (Å²) in [7, 11) is 0. The lowest BCUT2D eigenvalue weighted by Crippen LogP contribution is -1.98. The molecule has 0 aliphatic heterocycles. The van der Waals surface area contributed by atoms with E-state index in [-0.39, 0.29) is 6.07 Å². The molecule has 0 radical (unpaired) electrons. The molecule has 0 aromatic heterocycles. The Labute approximate surface area is 78.6 Å². The van der Waals surface area contributed by atoms with E-state index in [1.165, 1.54) is 0 Å². The first-order valence-electron chi connectivity index (χ1n) is 3.81. The van der Waals surface area contributed by atoms with Crippen LogP contribution in [-0.2, 0) is 0 Å². The van der Waals surface area contributed by atoms with Crippen molar-refractivity contribution in [1.29, 1.82) is 5.26 Å². The predicted octanol–water partition coefficient (Wildman–Crippen LogP) is 3.14. The van der Waals surface area contributed by atoms with Gasteiger partial charge in [-0.25, -0.2) is 17.6 Å². The minimum absolute atomic E-state index is 0.0471. The molecule has 5 heteroatoms. The summed E-state index contributed by atoms with van der Waals surface area (Å²) in [5.41, 5.74) is -1.24. The molecule has 1 rings (SSSR count). The van der Waals surface area contributed by atoms with Crippen LogP contribution in [0.3, 0.4) is 0 Å². The van der Waals surface area contributed by atoms with Gasteiger partial charge in [0.15, 0.2) is 23.3 Å². The van der Waals surface area contributed by atoms with Gasteiger partial charge in [-0.3, -0.25) is 0 Å². The van der Waals surface area contributed by atoms with Crippen molar-refractivity contribution in [1.82, 2.24) is 0 Å². The molecule has 0 N–H and O–H groups in total. The zero-order valence-corrected chi connectivity index (χ0v) is 7.54. The average molecular weight is 205 g/mol. The maximum atomic E-state index is 12.4. The predicted molar refractivity (Wildman–Crippen MR) is 42.3 cm³/mol. The SMILES string of the molecule is CC.N#Cc1c(F)c(F)cc(F)c1F. The Morgan fingerprint density at radius 1 is 1.00 bits per heavy atom. The van der Waals surface area contributed by atoms with E-state index in [0.717, 1.165) is 6.07 Å². The molecule has 1 aromatic rings. The summed E-state index contributed by atoms with van der Waals surface area (Å²) >= 11 is 0. The van der Waals surface area contributed by atoms with Gasteiger partial charge in [0, 0.05) is 6.07 Å². The smallest absolute Gasteiger partial charge is 0.179 e. The summed E-state index contributed by atoms with van der Waals surface area (Å²) in [6.07, 6.45) is 0. The van der Waals surface area contributed by atoms with Crippen LogP contribution in [0, 0.1) is 34.6 Å². The molecule has 0 aliphatic rings. The first-order valence-corrected chi connectivity index (χ1v) is 3.81. The molecule has 0 saturated heterocycles. The Hall–Kier alpha value is -1.57.